The standard InChI is InChI=1S/C15H21N3O3/c1-9(2)11-14(20-3)18-12(15(17-11)21-4)13(19)10-7-5-6-8-16-10/h5-9,11-13,19H,1-4H3/t11-,12+,13-/m0/s1. The number of aliphatic imine (C=N–C) groups is 2. The van der Waals surface area contributed by atoms with Gasteiger partial charge in [0.1, 0.15) is 12.1 Å². The van der Waals surface area contributed by atoms with E-state index in [9.17, 15) is 5.11 Å². The van der Waals surface area contributed by atoms with E-state index in [1.54, 1.807) is 25.4 Å². The summed E-state index contributed by atoms with van der Waals surface area (Å²) in [6.07, 6.45) is 0.700. The predicted octanol–water partition coefficient (Wildman–Crippen LogP) is 1.61. The minimum Gasteiger partial charge on any atom is -0.483 e. The van der Waals surface area contributed by atoms with E-state index in [0.717, 1.165) is 0 Å². The van der Waals surface area contributed by atoms with Crippen LogP contribution in [0.2, 0.25) is 0 Å². The molecule has 21 heavy (non-hydrogen) atoms. The fourth-order valence-corrected chi connectivity index (χ4v) is 2.24. The summed E-state index contributed by atoms with van der Waals surface area (Å²) in [6.45, 7) is 4.07. The van der Waals surface area contributed by atoms with Gasteiger partial charge < -0.3 is 14.6 Å². The monoisotopic (exact) mass is 291 g/mol. The van der Waals surface area contributed by atoms with Crippen LogP contribution in [0.25, 0.3) is 0 Å². The molecule has 0 bridgehead atoms. The van der Waals surface area contributed by atoms with Gasteiger partial charge in [-0.15, -0.1) is 0 Å². The second kappa shape index (κ2) is 6.67. The Kier molecular flexibility index (Phi) is 4.90. The molecule has 3 atom stereocenters. The van der Waals surface area contributed by atoms with Crippen LogP contribution in [0.3, 0.4) is 0 Å². The van der Waals surface area contributed by atoms with Crippen molar-refractivity contribution in [2.45, 2.75) is 32.0 Å². The van der Waals surface area contributed by atoms with E-state index in [1.807, 2.05) is 19.9 Å². The van der Waals surface area contributed by atoms with Crippen molar-refractivity contribution >= 4 is 11.8 Å². The quantitative estimate of drug-likeness (QED) is 0.918. The summed E-state index contributed by atoms with van der Waals surface area (Å²) < 4.78 is 10.6. The molecule has 2 heterocycles. The summed E-state index contributed by atoms with van der Waals surface area (Å²) in [6, 6.07) is 4.51. The molecule has 2 rings (SSSR count). The van der Waals surface area contributed by atoms with Gasteiger partial charge in [0.05, 0.1) is 19.9 Å². The molecule has 0 saturated carbocycles. The van der Waals surface area contributed by atoms with Gasteiger partial charge in [0.25, 0.3) is 0 Å². The fourth-order valence-electron chi connectivity index (χ4n) is 2.24. The highest BCUT2D eigenvalue weighted by Gasteiger charge is 2.35. The summed E-state index contributed by atoms with van der Waals surface area (Å²) in [4.78, 5) is 13.2. The maximum absolute atomic E-state index is 10.5. The first-order valence-electron chi connectivity index (χ1n) is 6.90. The molecule has 0 aromatic carbocycles. The van der Waals surface area contributed by atoms with Crippen molar-refractivity contribution in [3.63, 3.8) is 0 Å². The summed E-state index contributed by atoms with van der Waals surface area (Å²) in [7, 11) is 3.09. The third kappa shape index (κ3) is 3.21. The van der Waals surface area contributed by atoms with E-state index < -0.39 is 12.1 Å². The second-order valence-corrected chi connectivity index (χ2v) is 5.18. The Bertz CT molecular complexity index is 528. The highest BCUT2D eigenvalue weighted by molar-refractivity contribution is 5.94. The Labute approximate surface area is 124 Å². The van der Waals surface area contributed by atoms with Crippen LogP contribution in [-0.4, -0.2) is 48.2 Å². The van der Waals surface area contributed by atoms with Crippen LogP contribution in [-0.2, 0) is 9.47 Å². The Hall–Kier alpha value is -1.95. The van der Waals surface area contributed by atoms with Crippen molar-refractivity contribution in [2.75, 3.05) is 14.2 Å². The van der Waals surface area contributed by atoms with E-state index >= 15 is 0 Å². The molecule has 1 aromatic heterocycles. The van der Waals surface area contributed by atoms with Gasteiger partial charge >= 0.3 is 0 Å². The van der Waals surface area contributed by atoms with Gasteiger partial charge in [0.15, 0.2) is 6.04 Å². The van der Waals surface area contributed by atoms with E-state index in [4.69, 9.17) is 9.47 Å². The lowest BCUT2D eigenvalue weighted by Gasteiger charge is -2.29. The molecule has 0 aliphatic carbocycles. The number of ether oxygens (including phenoxy) is 2. The van der Waals surface area contributed by atoms with Crippen molar-refractivity contribution in [3.05, 3.63) is 30.1 Å². The average molecular weight is 291 g/mol. The minimum absolute atomic E-state index is 0.197. The van der Waals surface area contributed by atoms with Crippen LogP contribution in [0.5, 0.6) is 0 Å². The van der Waals surface area contributed by atoms with Crippen LogP contribution < -0.4 is 0 Å². The molecular weight excluding hydrogens is 270 g/mol. The van der Waals surface area contributed by atoms with Gasteiger partial charge in [-0.25, -0.2) is 9.98 Å². The molecule has 6 nitrogen and oxygen atoms in total. The predicted molar refractivity (Wildman–Crippen MR) is 80.5 cm³/mol. The van der Waals surface area contributed by atoms with E-state index in [1.165, 1.54) is 7.11 Å². The van der Waals surface area contributed by atoms with Crippen LogP contribution >= 0.6 is 0 Å². The summed E-state index contributed by atoms with van der Waals surface area (Å²) in [5.41, 5.74) is 0.523. The lowest BCUT2D eigenvalue weighted by molar-refractivity contribution is 0.151. The summed E-state index contributed by atoms with van der Waals surface area (Å²) in [5.74, 6) is 1.13. The van der Waals surface area contributed by atoms with Crippen LogP contribution in [0.4, 0.5) is 0 Å². The molecule has 0 saturated heterocycles. The third-order valence-electron chi connectivity index (χ3n) is 3.38. The first-order chi connectivity index (χ1) is 10.1. The zero-order valence-corrected chi connectivity index (χ0v) is 12.7. The smallest absolute Gasteiger partial charge is 0.212 e. The lowest BCUT2D eigenvalue weighted by Crippen LogP contribution is -2.40. The number of aliphatic hydroxyl groups is 1. The zero-order chi connectivity index (χ0) is 15.4. The van der Waals surface area contributed by atoms with Crippen molar-refractivity contribution in [2.24, 2.45) is 15.9 Å². The van der Waals surface area contributed by atoms with E-state index in [0.29, 0.717) is 17.5 Å². The SMILES string of the molecule is COC1=N[C@H]([C@@H](O)c2ccccn2)C(OC)=N[C@H]1C(C)C. The van der Waals surface area contributed by atoms with Gasteiger partial charge in [0, 0.05) is 6.20 Å². The first-order valence-corrected chi connectivity index (χ1v) is 6.90. The number of methoxy groups -OCH3 is 2. The normalized spacial score (nSPS) is 23.3. The van der Waals surface area contributed by atoms with Gasteiger partial charge in [-0.05, 0) is 18.1 Å². The van der Waals surface area contributed by atoms with Crippen molar-refractivity contribution in [3.8, 4) is 0 Å². The first kappa shape index (κ1) is 15.4. The number of rotatable bonds is 3. The molecule has 1 aromatic rings. The van der Waals surface area contributed by atoms with Gasteiger partial charge in [-0.1, -0.05) is 19.9 Å². The largest absolute Gasteiger partial charge is 0.483 e. The van der Waals surface area contributed by atoms with Gasteiger partial charge in [-0.3, -0.25) is 4.98 Å². The maximum Gasteiger partial charge on any atom is 0.212 e. The van der Waals surface area contributed by atoms with Crippen LogP contribution in [0.1, 0.15) is 25.6 Å². The summed E-state index contributed by atoms with van der Waals surface area (Å²) >= 11 is 0. The molecule has 114 valence electrons. The number of nitrogens with zero attached hydrogens (tertiary/aromatic N) is 3. The van der Waals surface area contributed by atoms with Crippen LogP contribution in [0.15, 0.2) is 34.4 Å². The molecular formula is C15H21N3O3. The topological polar surface area (TPSA) is 76.3 Å². The zero-order valence-electron chi connectivity index (χ0n) is 12.7. The number of hydrogen-bond acceptors (Lipinski definition) is 6. The molecule has 0 fully saturated rings. The van der Waals surface area contributed by atoms with Crippen molar-refractivity contribution in [1.29, 1.82) is 0 Å². The molecule has 1 aliphatic heterocycles. The Balaban J connectivity index is 2.34. The number of aliphatic hydroxyl groups excluding tert-OH is 1. The molecule has 0 radical (unpaired) electrons. The average Bonchev–Trinajstić information content (AvgIpc) is 2.53. The Morgan fingerprint density at radius 2 is 1.67 bits per heavy atom. The second-order valence-electron chi connectivity index (χ2n) is 5.18. The van der Waals surface area contributed by atoms with E-state index in [-0.39, 0.29) is 12.0 Å². The fraction of sp³-hybridized carbons (Fsp3) is 0.533. The van der Waals surface area contributed by atoms with E-state index in [2.05, 4.69) is 15.0 Å². The third-order valence-corrected chi connectivity index (χ3v) is 3.38. The number of pyridine rings is 1. The molecule has 6 heteroatoms. The molecule has 1 N–H and O–H groups in total. The van der Waals surface area contributed by atoms with Crippen molar-refractivity contribution < 1.29 is 14.6 Å². The Morgan fingerprint density at radius 3 is 2.19 bits per heavy atom. The Morgan fingerprint density at radius 1 is 1.05 bits per heavy atom. The van der Waals surface area contributed by atoms with Crippen LogP contribution in [0, 0.1) is 5.92 Å². The van der Waals surface area contributed by atoms with Crippen molar-refractivity contribution in [1.82, 2.24) is 4.98 Å². The number of hydrogen-bond donors (Lipinski definition) is 1. The molecule has 0 unspecified atom stereocenters. The highest BCUT2D eigenvalue weighted by Crippen LogP contribution is 2.25. The molecule has 0 amide bonds. The van der Waals surface area contributed by atoms with Gasteiger partial charge in [-0.2, -0.15) is 0 Å². The number of aromatic nitrogens is 1. The minimum atomic E-state index is -0.928. The summed E-state index contributed by atoms with van der Waals surface area (Å²) in [5, 5.41) is 10.5. The molecule has 1 aliphatic rings. The van der Waals surface area contributed by atoms with Gasteiger partial charge in [0.2, 0.25) is 11.8 Å². The lowest BCUT2D eigenvalue weighted by atomic mass is 10.0. The maximum atomic E-state index is 10.5. The molecule has 0 spiro atoms. The highest BCUT2D eigenvalue weighted by atomic mass is 16.5.